The van der Waals surface area contributed by atoms with Crippen molar-refractivity contribution in [3.05, 3.63) is 29.8 Å². The van der Waals surface area contributed by atoms with Crippen LogP contribution in [0.4, 0.5) is 4.79 Å². The van der Waals surface area contributed by atoms with Crippen LogP contribution in [0, 0.1) is 5.92 Å². The maximum absolute atomic E-state index is 11.5. The van der Waals surface area contributed by atoms with Gasteiger partial charge in [0.15, 0.2) is 0 Å². The molecule has 1 amide bonds. The lowest BCUT2D eigenvalue weighted by Crippen LogP contribution is -2.24. The lowest BCUT2D eigenvalue weighted by Gasteiger charge is -2.13. The maximum Gasteiger partial charge on any atom is 0.410 e. The van der Waals surface area contributed by atoms with Crippen molar-refractivity contribution >= 4 is 6.09 Å². The van der Waals surface area contributed by atoms with Gasteiger partial charge in [0.05, 0.1) is 13.2 Å². The van der Waals surface area contributed by atoms with E-state index in [1.54, 1.807) is 4.90 Å². The van der Waals surface area contributed by atoms with E-state index in [-0.39, 0.29) is 12.2 Å². The summed E-state index contributed by atoms with van der Waals surface area (Å²) < 4.78 is 10.7. The molecule has 4 heteroatoms. The average molecular weight is 263 g/mol. The van der Waals surface area contributed by atoms with Crippen molar-refractivity contribution in [1.29, 1.82) is 0 Å². The monoisotopic (exact) mass is 263 g/mol. The van der Waals surface area contributed by atoms with E-state index in [9.17, 15) is 4.79 Å². The highest BCUT2D eigenvalue weighted by atomic mass is 16.6. The summed E-state index contributed by atoms with van der Waals surface area (Å²) in [4.78, 5) is 13.2. The van der Waals surface area contributed by atoms with Crippen LogP contribution >= 0.6 is 0 Å². The number of amides is 1. The Balaban J connectivity index is 1.90. The van der Waals surface area contributed by atoms with Gasteiger partial charge in [0.1, 0.15) is 11.9 Å². The minimum absolute atomic E-state index is 0.0128. The molecule has 4 nitrogen and oxygen atoms in total. The zero-order valence-corrected chi connectivity index (χ0v) is 11.8. The first kappa shape index (κ1) is 13.7. The summed E-state index contributed by atoms with van der Waals surface area (Å²) >= 11 is 0. The number of cyclic esters (lactones) is 1. The molecule has 1 aliphatic heterocycles. The van der Waals surface area contributed by atoms with E-state index in [1.807, 2.05) is 31.2 Å². The minimum atomic E-state index is -0.229. The van der Waals surface area contributed by atoms with Gasteiger partial charge in [-0.3, -0.25) is 0 Å². The van der Waals surface area contributed by atoms with Crippen molar-refractivity contribution in [3.8, 4) is 5.75 Å². The molecule has 0 aliphatic carbocycles. The molecule has 2 rings (SSSR count). The van der Waals surface area contributed by atoms with Crippen LogP contribution in [0.25, 0.3) is 0 Å². The molecule has 1 aromatic rings. The van der Waals surface area contributed by atoms with Crippen LogP contribution in [0.2, 0.25) is 0 Å². The number of benzene rings is 1. The van der Waals surface area contributed by atoms with Crippen molar-refractivity contribution in [1.82, 2.24) is 4.90 Å². The summed E-state index contributed by atoms with van der Waals surface area (Å²) in [6.45, 7) is 8.11. The van der Waals surface area contributed by atoms with Crippen LogP contribution in [0.15, 0.2) is 24.3 Å². The normalized spacial score (nSPS) is 18.8. The Bertz CT molecular complexity index is 428. The Morgan fingerprint density at radius 1 is 1.37 bits per heavy atom. The van der Waals surface area contributed by atoms with Crippen molar-refractivity contribution in [3.63, 3.8) is 0 Å². The zero-order valence-electron chi connectivity index (χ0n) is 11.8. The smallest absolute Gasteiger partial charge is 0.410 e. The summed E-state index contributed by atoms with van der Waals surface area (Å²) in [5.74, 6) is 1.38. The standard InChI is InChI=1S/C15H21NO3/c1-11(2)10-18-14-6-4-13(5-7-14)9-16-8-12(3)19-15(16)17/h4-7,11-12H,8-10H2,1-3H3. The van der Waals surface area contributed by atoms with Gasteiger partial charge in [0, 0.05) is 6.54 Å². The van der Waals surface area contributed by atoms with Gasteiger partial charge < -0.3 is 14.4 Å². The second-order valence-electron chi connectivity index (χ2n) is 5.42. The van der Waals surface area contributed by atoms with Gasteiger partial charge in [-0.05, 0) is 30.5 Å². The number of hydrogen-bond acceptors (Lipinski definition) is 3. The third-order valence-electron chi connectivity index (χ3n) is 2.92. The Morgan fingerprint density at radius 2 is 2.05 bits per heavy atom. The first-order valence-corrected chi connectivity index (χ1v) is 6.72. The van der Waals surface area contributed by atoms with Crippen molar-refractivity contribution < 1.29 is 14.3 Å². The fourth-order valence-electron chi connectivity index (χ4n) is 1.97. The Labute approximate surface area is 114 Å². The number of carbonyl (C=O) groups excluding carboxylic acids is 1. The Morgan fingerprint density at radius 3 is 2.58 bits per heavy atom. The summed E-state index contributed by atoms with van der Waals surface area (Å²) in [5, 5.41) is 0. The molecule has 0 spiro atoms. The van der Waals surface area contributed by atoms with Gasteiger partial charge >= 0.3 is 6.09 Å². The van der Waals surface area contributed by atoms with Gasteiger partial charge in [-0.2, -0.15) is 0 Å². The van der Waals surface area contributed by atoms with Crippen molar-refractivity contribution in [2.24, 2.45) is 5.92 Å². The number of hydrogen-bond donors (Lipinski definition) is 0. The van der Waals surface area contributed by atoms with E-state index in [1.165, 1.54) is 0 Å². The third kappa shape index (κ3) is 3.88. The Kier molecular flexibility index (Phi) is 4.30. The molecule has 0 saturated carbocycles. The fraction of sp³-hybridized carbons (Fsp3) is 0.533. The fourth-order valence-corrected chi connectivity index (χ4v) is 1.97. The van der Waals surface area contributed by atoms with E-state index in [4.69, 9.17) is 9.47 Å². The molecule has 1 aromatic carbocycles. The number of ether oxygens (including phenoxy) is 2. The predicted molar refractivity (Wildman–Crippen MR) is 73.1 cm³/mol. The molecule has 1 saturated heterocycles. The van der Waals surface area contributed by atoms with E-state index >= 15 is 0 Å². The van der Waals surface area contributed by atoms with Crippen LogP contribution in [-0.4, -0.2) is 30.2 Å². The predicted octanol–water partition coefficient (Wildman–Crippen LogP) is 3.06. The largest absolute Gasteiger partial charge is 0.493 e. The molecule has 0 bridgehead atoms. The van der Waals surface area contributed by atoms with Gasteiger partial charge in [-0.1, -0.05) is 26.0 Å². The molecule has 1 unspecified atom stereocenters. The number of nitrogens with zero attached hydrogens (tertiary/aromatic N) is 1. The van der Waals surface area contributed by atoms with Crippen LogP contribution in [-0.2, 0) is 11.3 Å². The SMILES string of the molecule is CC(C)COc1ccc(CN2CC(C)OC2=O)cc1. The molecule has 0 N–H and O–H groups in total. The summed E-state index contributed by atoms with van der Waals surface area (Å²) in [6.07, 6.45) is -0.242. The average Bonchev–Trinajstić information content (AvgIpc) is 2.67. The molecular weight excluding hydrogens is 242 g/mol. The van der Waals surface area contributed by atoms with E-state index in [0.717, 1.165) is 17.9 Å². The molecule has 19 heavy (non-hydrogen) atoms. The number of carbonyl (C=O) groups is 1. The van der Waals surface area contributed by atoms with Crippen molar-refractivity contribution in [2.45, 2.75) is 33.4 Å². The number of rotatable bonds is 5. The Hall–Kier alpha value is -1.71. The second kappa shape index (κ2) is 5.95. The quantitative estimate of drug-likeness (QED) is 0.819. The van der Waals surface area contributed by atoms with E-state index < -0.39 is 0 Å². The lowest BCUT2D eigenvalue weighted by atomic mass is 10.2. The van der Waals surface area contributed by atoms with Crippen LogP contribution in [0.3, 0.4) is 0 Å². The van der Waals surface area contributed by atoms with E-state index in [0.29, 0.717) is 19.0 Å². The van der Waals surface area contributed by atoms with Gasteiger partial charge in [-0.15, -0.1) is 0 Å². The molecule has 1 aliphatic rings. The maximum atomic E-state index is 11.5. The van der Waals surface area contributed by atoms with Crippen LogP contribution in [0.1, 0.15) is 26.3 Å². The highest BCUT2D eigenvalue weighted by Gasteiger charge is 2.27. The summed E-state index contributed by atoms with van der Waals surface area (Å²) in [6, 6.07) is 7.88. The highest BCUT2D eigenvalue weighted by molar-refractivity contribution is 5.69. The topological polar surface area (TPSA) is 38.8 Å². The minimum Gasteiger partial charge on any atom is -0.493 e. The van der Waals surface area contributed by atoms with Crippen molar-refractivity contribution in [2.75, 3.05) is 13.2 Å². The first-order valence-electron chi connectivity index (χ1n) is 6.72. The molecule has 1 heterocycles. The molecular formula is C15H21NO3. The molecule has 104 valence electrons. The van der Waals surface area contributed by atoms with Gasteiger partial charge in [0.25, 0.3) is 0 Å². The first-order chi connectivity index (χ1) is 9.04. The second-order valence-corrected chi connectivity index (χ2v) is 5.42. The highest BCUT2D eigenvalue weighted by Crippen LogP contribution is 2.18. The molecule has 0 aromatic heterocycles. The lowest BCUT2D eigenvalue weighted by molar-refractivity contribution is 0.137. The van der Waals surface area contributed by atoms with Gasteiger partial charge in [-0.25, -0.2) is 4.79 Å². The van der Waals surface area contributed by atoms with Gasteiger partial charge in [0.2, 0.25) is 0 Å². The molecule has 1 fully saturated rings. The zero-order chi connectivity index (χ0) is 13.8. The van der Waals surface area contributed by atoms with Crippen LogP contribution < -0.4 is 4.74 Å². The summed E-state index contributed by atoms with van der Waals surface area (Å²) in [5.41, 5.74) is 1.09. The van der Waals surface area contributed by atoms with Crippen LogP contribution in [0.5, 0.6) is 5.75 Å². The third-order valence-corrected chi connectivity index (χ3v) is 2.92. The molecule has 1 atom stereocenters. The summed E-state index contributed by atoms with van der Waals surface area (Å²) in [7, 11) is 0. The molecule has 0 radical (unpaired) electrons. The van der Waals surface area contributed by atoms with E-state index in [2.05, 4.69) is 13.8 Å².